The molecule has 8 nitrogen and oxygen atoms in total. The minimum absolute atomic E-state index is 0.199. The number of aryl methyl sites for hydroxylation is 1. The lowest BCUT2D eigenvalue weighted by Gasteiger charge is -2.27. The van der Waals surface area contributed by atoms with E-state index >= 15 is 0 Å². The van der Waals surface area contributed by atoms with Gasteiger partial charge in [-0.3, -0.25) is 4.79 Å². The van der Waals surface area contributed by atoms with Crippen LogP contribution >= 0.6 is 0 Å². The van der Waals surface area contributed by atoms with E-state index in [1.807, 2.05) is 6.92 Å². The summed E-state index contributed by atoms with van der Waals surface area (Å²) in [7, 11) is -5.78. The highest BCUT2D eigenvalue weighted by molar-refractivity contribution is 7.88. The molecule has 180 valence electrons. The standard InChI is InChI=1S/C21H22F3NO7S/c1-2-16-18(31-12-15-11-29-7-8-30-15)10-19(26)25-6-5-13-9-14(3-4-17(13)20(16)25)32-33(27,28)21(22,23)24/h3-4,9-10,15H,2,5-8,11-12H2,1H3/t15-/m0/s1. The molecule has 0 amide bonds. The number of hydrogen-bond acceptors (Lipinski definition) is 7. The Morgan fingerprint density at radius 3 is 2.67 bits per heavy atom. The summed E-state index contributed by atoms with van der Waals surface area (Å²) >= 11 is 0. The first kappa shape index (κ1) is 23.6. The second-order valence-electron chi connectivity index (χ2n) is 7.61. The minimum Gasteiger partial charge on any atom is -0.490 e. The van der Waals surface area contributed by atoms with Gasteiger partial charge in [0.15, 0.2) is 0 Å². The predicted octanol–water partition coefficient (Wildman–Crippen LogP) is 2.66. The Morgan fingerprint density at radius 2 is 2.00 bits per heavy atom. The topological polar surface area (TPSA) is 93.1 Å². The van der Waals surface area contributed by atoms with Gasteiger partial charge in [0.1, 0.15) is 24.2 Å². The summed E-state index contributed by atoms with van der Waals surface area (Å²) in [4.78, 5) is 12.8. The lowest BCUT2D eigenvalue weighted by Crippen LogP contribution is -2.34. The zero-order valence-electron chi connectivity index (χ0n) is 17.7. The van der Waals surface area contributed by atoms with Gasteiger partial charge in [-0.05, 0) is 36.6 Å². The van der Waals surface area contributed by atoms with Gasteiger partial charge in [-0.25, -0.2) is 0 Å². The largest absolute Gasteiger partial charge is 0.534 e. The number of ether oxygens (including phenoxy) is 3. The van der Waals surface area contributed by atoms with Crippen LogP contribution in [0.25, 0.3) is 11.3 Å². The highest BCUT2D eigenvalue weighted by atomic mass is 32.2. The van der Waals surface area contributed by atoms with Gasteiger partial charge in [-0.1, -0.05) is 6.92 Å². The van der Waals surface area contributed by atoms with Gasteiger partial charge in [0, 0.05) is 23.7 Å². The van der Waals surface area contributed by atoms with Crippen LogP contribution in [0, 0.1) is 0 Å². The van der Waals surface area contributed by atoms with Crippen LogP contribution in [-0.4, -0.2) is 51.0 Å². The molecule has 0 bridgehead atoms. The fourth-order valence-corrected chi connectivity index (χ4v) is 4.40. The molecule has 1 atom stereocenters. The molecule has 0 aliphatic carbocycles. The first-order chi connectivity index (χ1) is 15.6. The van der Waals surface area contributed by atoms with Gasteiger partial charge >= 0.3 is 15.6 Å². The van der Waals surface area contributed by atoms with Crippen LogP contribution < -0.4 is 14.5 Å². The first-order valence-electron chi connectivity index (χ1n) is 10.3. The molecule has 2 aliphatic rings. The van der Waals surface area contributed by atoms with Crippen LogP contribution in [0.1, 0.15) is 18.1 Å². The van der Waals surface area contributed by atoms with Crippen LogP contribution in [0.4, 0.5) is 13.2 Å². The van der Waals surface area contributed by atoms with E-state index in [9.17, 15) is 26.4 Å². The van der Waals surface area contributed by atoms with Crippen LogP contribution in [0.3, 0.4) is 0 Å². The molecule has 33 heavy (non-hydrogen) atoms. The number of halogens is 3. The predicted molar refractivity (Wildman–Crippen MR) is 111 cm³/mol. The third-order valence-electron chi connectivity index (χ3n) is 5.46. The molecular formula is C21H22F3NO7S. The van der Waals surface area contributed by atoms with Gasteiger partial charge in [-0.15, -0.1) is 0 Å². The molecule has 0 radical (unpaired) electrons. The van der Waals surface area contributed by atoms with Crippen molar-refractivity contribution in [2.24, 2.45) is 0 Å². The normalized spacial score (nSPS) is 18.4. The molecule has 1 saturated heterocycles. The molecule has 4 rings (SSSR count). The van der Waals surface area contributed by atoms with Gasteiger partial charge in [-0.2, -0.15) is 21.6 Å². The number of aromatic nitrogens is 1. The lowest BCUT2D eigenvalue weighted by molar-refractivity contribution is -0.101. The van der Waals surface area contributed by atoms with Crippen molar-refractivity contribution in [3.05, 3.63) is 45.7 Å². The van der Waals surface area contributed by atoms with Gasteiger partial charge < -0.3 is 23.0 Å². The van der Waals surface area contributed by atoms with Crippen molar-refractivity contribution in [2.45, 2.75) is 37.9 Å². The van der Waals surface area contributed by atoms with Crippen molar-refractivity contribution in [1.29, 1.82) is 0 Å². The summed E-state index contributed by atoms with van der Waals surface area (Å²) in [6.07, 6.45) is 0.583. The van der Waals surface area contributed by atoms with Crippen molar-refractivity contribution in [2.75, 3.05) is 26.4 Å². The summed E-state index contributed by atoms with van der Waals surface area (Å²) < 4.78 is 83.4. The average Bonchev–Trinajstić information content (AvgIpc) is 2.77. The van der Waals surface area contributed by atoms with E-state index in [0.717, 1.165) is 11.6 Å². The third kappa shape index (κ3) is 4.73. The molecule has 1 aromatic heterocycles. The maximum atomic E-state index is 12.8. The monoisotopic (exact) mass is 489 g/mol. The third-order valence-corrected chi connectivity index (χ3v) is 6.44. The van der Waals surface area contributed by atoms with Crippen molar-refractivity contribution >= 4 is 10.1 Å². The molecule has 2 aliphatic heterocycles. The fourth-order valence-electron chi connectivity index (χ4n) is 3.95. The Morgan fingerprint density at radius 1 is 1.21 bits per heavy atom. The molecule has 2 aromatic rings. The lowest BCUT2D eigenvalue weighted by atomic mass is 9.93. The summed E-state index contributed by atoms with van der Waals surface area (Å²) in [5.41, 5.74) is -3.29. The Balaban J connectivity index is 1.69. The second kappa shape index (κ2) is 8.99. The first-order valence-corrected chi connectivity index (χ1v) is 11.7. The van der Waals surface area contributed by atoms with E-state index in [1.54, 1.807) is 4.57 Å². The molecule has 0 spiro atoms. The van der Waals surface area contributed by atoms with Crippen molar-refractivity contribution < 1.29 is 40.0 Å². The smallest absolute Gasteiger partial charge is 0.490 e. The number of benzene rings is 1. The van der Waals surface area contributed by atoms with Crippen LogP contribution in [-0.2, 0) is 39.0 Å². The molecule has 0 N–H and O–H groups in total. The number of alkyl halides is 3. The second-order valence-corrected chi connectivity index (χ2v) is 9.15. The highest BCUT2D eigenvalue weighted by Gasteiger charge is 2.48. The quantitative estimate of drug-likeness (QED) is 0.455. The molecule has 3 heterocycles. The molecular weight excluding hydrogens is 467 g/mol. The van der Waals surface area contributed by atoms with E-state index in [0.29, 0.717) is 55.2 Å². The Labute approximate surface area is 188 Å². The van der Waals surface area contributed by atoms with Crippen LogP contribution in [0.15, 0.2) is 29.1 Å². The van der Waals surface area contributed by atoms with Crippen molar-refractivity contribution in [1.82, 2.24) is 4.57 Å². The fraction of sp³-hybridized carbons (Fsp3) is 0.476. The number of nitrogens with zero attached hydrogens (tertiary/aromatic N) is 1. The maximum absolute atomic E-state index is 12.8. The number of rotatable bonds is 6. The summed E-state index contributed by atoms with van der Waals surface area (Å²) in [6.45, 7) is 3.74. The van der Waals surface area contributed by atoms with Gasteiger partial charge in [0.2, 0.25) is 0 Å². The Kier molecular flexibility index (Phi) is 6.43. The highest BCUT2D eigenvalue weighted by Crippen LogP contribution is 2.38. The molecule has 0 saturated carbocycles. The number of pyridine rings is 1. The van der Waals surface area contributed by atoms with Crippen LogP contribution in [0.2, 0.25) is 0 Å². The van der Waals surface area contributed by atoms with E-state index in [-0.39, 0.29) is 24.8 Å². The van der Waals surface area contributed by atoms with Crippen molar-refractivity contribution in [3.8, 4) is 22.8 Å². The Hall–Kier alpha value is -2.57. The maximum Gasteiger partial charge on any atom is 0.534 e. The van der Waals surface area contributed by atoms with E-state index in [1.165, 1.54) is 18.2 Å². The zero-order valence-corrected chi connectivity index (χ0v) is 18.5. The molecule has 0 unspecified atom stereocenters. The Bertz CT molecular complexity index is 1200. The summed E-state index contributed by atoms with van der Waals surface area (Å²) in [6, 6.07) is 5.28. The van der Waals surface area contributed by atoms with E-state index < -0.39 is 21.4 Å². The SMILES string of the molecule is CCc1c(OC[C@@H]2COCCO2)cc(=O)n2c1-c1ccc(OS(=O)(=O)C(F)(F)F)cc1CC2. The molecule has 12 heteroatoms. The zero-order chi connectivity index (χ0) is 23.8. The molecule has 1 aromatic carbocycles. The van der Waals surface area contributed by atoms with Gasteiger partial charge in [0.05, 0.1) is 25.5 Å². The summed E-state index contributed by atoms with van der Waals surface area (Å²) in [5, 5.41) is 0. The van der Waals surface area contributed by atoms with E-state index in [4.69, 9.17) is 14.2 Å². The molecule has 1 fully saturated rings. The van der Waals surface area contributed by atoms with Crippen LogP contribution in [0.5, 0.6) is 11.5 Å². The number of fused-ring (bicyclic) bond motifs is 3. The minimum atomic E-state index is -5.78. The average molecular weight is 489 g/mol. The summed E-state index contributed by atoms with van der Waals surface area (Å²) in [5.74, 6) is -0.0440. The number of hydrogen-bond donors (Lipinski definition) is 0. The van der Waals surface area contributed by atoms with Crippen molar-refractivity contribution in [3.63, 3.8) is 0 Å². The van der Waals surface area contributed by atoms with E-state index in [2.05, 4.69) is 4.18 Å². The van der Waals surface area contributed by atoms with Gasteiger partial charge in [0.25, 0.3) is 5.56 Å².